The van der Waals surface area contributed by atoms with Crippen molar-refractivity contribution in [3.63, 3.8) is 0 Å². The number of benzene rings is 2. The zero-order valence-electron chi connectivity index (χ0n) is 15.1. The van der Waals surface area contributed by atoms with Crippen LogP contribution in [0.2, 0.25) is 0 Å². The summed E-state index contributed by atoms with van der Waals surface area (Å²) in [7, 11) is 0. The molecule has 1 aliphatic rings. The van der Waals surface area contributed by atoms with E-state index in [1.165, 1.54) is 0 Å². The zero-order valence-corrected chi connectivity index (χ0v) is 17.2. The van der Waals surface area contributed by atoms with E-state index >= 15 is 0 Å². The van der Waals surface area contributed by atoms with Gasteiger partial charge in [0.15, 0.2) is 0 Å². The summed E-state index contributed by atoms with van der Waals surface area (Å²) < 4.78 is 2.61. The first-order valence-electron chi connectivity index (χ1n) is 8.88. The van der Waals surface area contributed by atoms with Crippen molar-refractivity contribution >= 4 is 56.7 Å². The molecule has 1 aromatic heterocycles. The number of anilines is 1. The largest absolute Gasteiger partial charge is 0.308 e. The van der Waals surface area contributed by atoms with Crippen LogP contribution in [0.25, 0.3) is 22.6 Å². The van der Waals surface area contributed by atoms with Crippen molar-refractivity contribution < 1.29 is 4.79 Å². The fourth-order valence-corrected chi connectivity index (χ4v) is 4.01. The predicted octanol–water partition coefficient (Wildman–Crippen LogP) is 3.93. The van der Waals surface area contributed by atoms with E-state index in [-0.39, 0.29) is 11.5 Å². The van der Waals surface area contributed by atoms with Crippen LogP contribution in [0.1, 0.15) is 25.2 Å². The number of halogens is 1. The Kier molecular flexibility index (Phi) is 4.59. The molecule has 5 nitrogen and oxygen atoms in total. The molecule has 3 aromatic rings. The van der Waals surface area contributed by atoms with Gasteiger partial charge in [0.1, 0.15) is 5.82 Å². The van der Waals surface area contributed by atoms with Crippen molar-refractivity contribution in [2.75, 3.05) is 11.4 Å². The van der Waals surface area contributed by atoms with Crippen molar-refractivity contribution in [3.05, 3.63) is 67.8 Å². The average Bonchev–Trinajstić information content (AvgIpc) is 2.94. The quantitative estimate of drug-likeness (QED) is 0.430. The number of amides is 1. The van der Waals surface area contributed by atoms with Gasteiger partial charge in [-0.15, -0.1) is 0 Å². The predicted molar refractivity (Wildman–Crippen MR) is 117 cm³/mol. The van der Waals surface area contributed by atoms with Gasteiger partial charge in [-0.1, -0.05) is 18.2 Å². The smallest absolute Gasteiger partial charge is 0.261 e. The van der Waals surface area contributed by atoms with Crippen LogP contribution in [-0.4, -0.2) is 22.0 Å². The summed E-state index contributed by atoms with van der Waals surface area (Å²) in [5, 5.41) is 0.597. The highest BCUT2D eigenvalue weighted by atomic mass is 127. The van der Waals surface area contributed by atoms with Gasteiger partial charge >= 0.3 is 0 Å². The second-order valence-corrected chi connectivity index (χ2v) is 7.55. The van der Waals surface area contributed by atoms with Gasteiger partial charge in [0, 0.05) is 22.2 Å². The Balaban J connectivity index is 1.97. The van der Waals surface area contributed by atoms with E-state index in [4.69, 9.17) is 0 Å². The van der Waals surface area contributed by atoms with Gasteiger partial charge in [-0.05, 0) is 66.8 Å². The molecular weight excluding hydrogens is 453 g/mol. The summed E-state index contributed by atoms with van der Waals surface area (Å²) in [6, 6.07) is 13.4. The minimum absolute atomic E-state index is 0.0571. The lowest BCUT2D eigenvalue weighted by atomic mass is 10.1. The lowest BCUT2D eigenvalue weighted by molar-refractivity contribution is -0.112. The molecule has 4 rings (SSSR count). The number of rotatable bonds is 3. The lowest BCUT2D eigenvalue weighted by Crippen LogP contribution is -2.26. The summed E-state index contributed by atoms with van der Waals surface area (Å²) >= 11 is 2.19. The van der Waals surface area contributed by atoms with Crippen LogP contribution < -0.4 is 10.5 Å². The maximum Gasteiger partial charge on any atom is 0.261 e. The molecule has 27 heavy (non-hydrogen) atoms. The second kappa shape index (κ2) is 6.92. The number of hydrogen-bond acceptors (Lipinski definition) is 3. The number of carbonyl (C=O) groups is 1. The molecule has 0 atom stereocenters. The lowest BCUT2D eigenvalue weighted by Gasteiger charge is -2.13. The van der Waals surface area contributed by atoms with E-state index in [1.54, 1.807) is 15.5 Å². The third-order valence-electron chi connectivity index (χ3n) is 4.81. The first-order valence-corrected chi connectivity index (χ1v) is 9.96. The minimum atomic E-state index is -0.0843. The van der Waals surface area contributed by atoms with Gasteiger partial charge in [-0.3, -0.25) is 14.2 Å². The molecule has 0 N–H and O–H groups in total. The molecule has 2 heterocycles. The minimum Gasteiger partial charge on any atom is -0.308 e. The number of fused-ring (bicyclic) bond motifs is 2. The zero-order chi connectivity index (χ0) is 19.1. The van der Waals surface area contributed by atoms with E-state index in [9.17, 15) is 9.59 Å². The fourth-order valence-electron chi connectivity index (χ4n) is 3.52. The van der Waals surface area contributed by atoms with Crippen LogP contribution in [-0.2, 0) is 11.3 Å². The molecule has 0 spiro atoms. The van der Waals surface area contributed by atoms with E-state index < -0.39 is 0 Å². The third-order valence-corrected chi connectivity index (χ3v) is 5.48. The van der Waals surface area contributed by atoms with E-state index in [1.807, 2.05) is 56.3 Å². The molecule has 0 radical (unpaired) electrons. The van der Waals surface area contributed by atoms with E-state index in [0.717, 1.165) is 14.8 Å². The van der Waals surface area contributed by atoms with Gasteiger partial charge in [-0.25, -0.2) is 4.98 Å². The molecule has 6 heteroatoms. The second-order valence-electron chi connectivity index (χ2n) is 6.31. The number of likely N-dealkylation sites (N-methyl/N-ethyl adjacent to an activating group) is 1. The maximum absolute atomic E-state index is 12.9. The van der Waals surface area contributed by atoms with E-state index in [2.05, 4.69) is 27.6 Å². The van der Waals surface area contributed by atoms with Crippen LogP contribution in [0.15, 0.2) is 47.3 Å². The van der Waals surface area contributed by atoms with Gasteiger partial charge in [-0.2, -0.15) is 0 Å². The molecule has 0 bridgehead atoms. The Bertz CT molecular complexity index is 1160. The summed E-state index contributed by atoms with van der Waals surface area (Å²) in [6.07, 6.45) is 1.75. The number of hydrogen-bond donors (Lipinski definition) is 0. The Morgan fingerprint density at radius 1 is 1.07 bits per heavy atom. The highest BCUT2D eigenvalue weighted by Gasteiger charge is 2.31. The van der Waals surface area contributed by atoms with Crippen LogP contribution in [0, 0.1) is 3.57 Å². The van der Waals surface area contributed by atoms with Crippen LogP contribution in [0.3, 0.4) is 0 Å². The Morgan fingerprint density at radius 2 is 1.85 bits per heavy atom. The number of para-hydroxylation sites is 1. The Labute approximate surface area is 170 Å². The molecule has 0 saturated carbocycles. The third kappa shape index (κ3) is 2.88. The van der Waals surface area contributed by atoms with Gasteiger partial charge < -0.3 is 4.90 Å². The normalized spacial score (nSPS) is 15.0. The monoisotopic (exact) mass is 471 g/mol. The molecule has 2 aromatic carbocycles. The SMILES string of the molecule is CCN1C(=O)/C(=C\c2nc3ccc(I)cc3c(=O)n2CC)c2ccccc21. The summed E-state index contributed by atoms with van der Waals surface area (Å²) in [4.78, 5) is 32.3. The van der Waals surface area contributed by atoms with Crippen molar-refractivity contribution in [3.8, 4) is 0 Å². The first-order chi connectivity index (χ1) is 13.0. The molecule has 0 unspecified atom stereocenters. The van der Waals surface area contributed by atoms with Crippen molar-refractivity contribution in [2.24, 2.45) is 0 Å². The van der Waals surface area contributed by atoms with Gasteiger partial charge in [0.25, 0.3) is 11.5 Å². The molecule has 0 aliphatic carbocycles. The standard InChI is InChI=1S/C21H18IN3O2/c1-3-24-18-8-6-5-7-14(18)15(20(24)26)12-19-23-17-10-9-13(22)11-16(17)21(27)25(19)4-2/h5-12H,3-4H2,1-2H3/b15-12-. The highest BCUT2D eigenvalue weighted by molar-refractivity contribution is 14.1. The van der Waals surface area contributed by atoms with E-state index in [0.29, 0.717) is 35.4 Å². The topological polar surface area (TPSA) is 55.2 Å². The van der Waals surface area contributed by atoms with Crippen molar-refractivity contribution in [2.45, 2.75) is 20.4 Å². The van der Waals surface area contributed by atoms with Crippen LogP contribution in [0.5, 0.6) is 0 Å². The maximum atomic E-state index is 12.9. The first kappa shape index (κ1) is 17.9. The van der Waals surface area contributed by atoms with Crippen molar-refractivity contribution in [1.82, 2.24) is 9.55 Å². The molecule has 0 fully saturated rings. The fraction of sp³-hybridized carbons (Fsp3) is 0.190. The average molecular weight is 471 g/mol. The highest BCUT2D eigenvalue weighted by Crippen LogP contribution is 2.37. The van der Waals surface area contributed by atoms with Gasteiger partial charge in [0.2, 0.25) is 0 Å². The van der Waals surface area contributed by atoms with Gasteiger partial charge in [0.05, 0.1) is 22.2 Å². The molecular formula is C21H18IN3O2. The number of aromatic nitrogens is 2. The van der Waals surface area contributed by atoms with Crippen LogP contribution >= 0.6 is 22.6 Å². The summed E-state index contributed by atoms with van der Waals surface area (Å²) in [5.74, 6) is 0.450. The molecule has 1 aliphatic heterocycles. The van der Waals surface area contributed by atoms with Crippen LogP contribution in [0.4, 0.5) is 5.69 Å². The molecule has 136 valence electrons. The Hall–Kier alpha value is -2.48. The summed E-state index contributed by atoms with van der Waals surface area (Å²) in [5.41, 5.74) is 2.91. The summed E-state index contributed by atoms with van der Waals surface area (Å²) in [6.45, 7) is 4.94. The molecule has 0 saturated heterocycles. The molecule has 1 amide bonds. The number of nitrogens with zero attached hydrogens (tertiary/aromatic N) is 3. The number of carbonyl (C=O) groups excluding carboxylic acids is 1. The van der Waals surface area contributed by atoms with Crippen molar-refractivity contribution in [1.29, 1.82) is 0 Å². The Morgan fingerprint density at radius 3 is 2.59 bits per heavy atom.